The zero-order chi connectivity index (χ0) is 10.7. The molecule has 0 spiro atoms. The molecule has 1 fully saturated rings. The van der Waals surface area contributed by atoms with Crippen LogP contribution >= 0.6 is 11.3 Å². The van der Waals surface area contributed by atoms with Gasteiger partial charge in [0.2, 0.25) is 0 Å². The molecule has 0 aromatic carbocycles. The van der Waals surface area contributed by atoms with Crippen molar-refractivity contribution in [1.82, 2.24) is 4.98 Å². The maximum absolute atomic E-state index is 10.4. The lowest BCUT2D eigenvalue weighted by molar-refractivity contribution is -0.389. The highest BCUT2D eigenvalue weighted by atomic mass is 32.1. The van der Waals surface area contributed by atoms with Crippen molar-refractivity contribution in [2.24, 2.45) is 0 Å². The fourth-order valence-electron chi connectivity index (χ4n) is 1.84. The first-order valence-electron chi connectivity index (χ1n) is 5.12. The molecule has 0 atom stereocenters. The first kappa shape index (κ1) is 10.4. The van der Waals surface area contributed by atoms with Crippen molar-refractivity contribution < 1.29 is 4.92 Å². The average molecular weight is 227 g/mol. The van der Waals surface area contributed by atoms with Gasteiger partial charge in [-0.1, -0.05) is 30.6 Å². The summed E-state index contributed by atoms with van der Waals surface area (Å²) in [6, 6.07) is 0.449. The molecule has 1 aliphatic rings. The van der Waals surface area contributed by atoms with E-state index in [0.29, 0.717) is 11.2 Å². The number of thiazole rings is 1. The molecule has 82 valence electrons. The molecular weight excluding hydrogens is 214 g/mol. The molecule has 1 saturated carbocycles. The summed E-state index contributed by atoms with van der Waals surface area (Å²) in [5.41, 5.74) is 0. The van der Waals surface area contributed by atoms with E-state index >= 15 is 0 Å². The first-order chi connectivity index (χ1) is 7.25. The average Bonchev–Trinajstić information content (AvgIpc) is 2.68. The summed E-state index contributed by atoms with van der Waals surface area (Å²) in [6.07, 6.45) is 6.08. The van der Waals surface area contributed by atoms with Gasteiger partial charge in [0, 0.05) is 6.04 Å². The second-order valence-corrected chi connectivity index (χ2v) is 4.61. The fraction of sp³-hybridized carbons (Fsp3) is 0.667. The van der Waals surface area contributed by atoms with Gasteiger partial charge in [0.25, 0.3) is 5.13 Å². The van der Waals surface area contributed by atoms with Gasteiger partial charge < -0.3 is 15.4 Å². The Morgan fingerprint density at radius 3 is 2.80 bits per heavy atom. The van der Waals surface area contributed by atoms with Gasteiger partial charge in [0.15, 0.2) is 0 Å². The zero-order valence-electron chi connectivity index (χ0n) is 8.31. The lowest BCUT2D eigenvalue weighted by Gasteiger charge is -2.20. The first-order valence-corrected chi connectivity index (χ1v) is 6.00. The number of nitro groups is 1. The number of rotatable bonds is 3. The molecule has 0 amide bonds. The molecule has 0 unspecified atom stereocenters. The van der Waals surface area contributed by atoms with Crippen LogP contribution in [0.25, 0.3) is 0 Å². The third kappa shape index (κ3) is 2.65. The Morgan fingerprint density at radius 2 is 2.20 bits per heavy atom. The quantitative estimate of drug-likeness (QED) is 0.636. The Hall–Kier alpha value is -1.17. The smallest absolute Gasteiger partial charge is 0.358 e. The van der Waals surface area contributed by atoms with E-state index in [1.807, 2.05) is 0 Å². The maximum atomic E-state index is 10.4. The van der Waals surface area contributed by atoms with E-state index in [1.54, 1.807) is 0 Å². The Morgan fingerprint density at radius 1 is 1.47 bits per heavy atom. The van der Waals surface area contributed by atoms with Crippen molar-refractivity contribution >= 4 is 22.3 Å². The lowest BCUT2D eigenvalue weighted by Crippen LogP contribution is -2.21. The largest absolute Gasteiger partial charge is 0.376 e. The van der Waals surface area contributed by atoms with Gasteiger partial charge in [-0.2, -0.15) is 0 Å². The van der Waals surface area contributed by atoms with Gasteiger partial charge in [0.05, 0.1) is 5.38 Å². The van der Waals surface area contributed by atoms with E-state index in [4.69, 9.17) is 0 Å². The van der Waals surface area contributed by atoms with Crippen molar-refractivity contribution in [2.45, 2.75) is 38.1 Å². The zero-order valence-corrected chi connectivity index (χ0v) is 9.13. The molecule has 2 rings (SSSR count). The van der Waals surface area contributed by atoms with Gasteiger partial charge >= 0.3 is 5.82 Å². The Labute approximate surface area is 91.7 Å². The van der Waals surface area contributed by atoms with E-state index in [0.717, 1.165) is 12.8 Å². The third-order valence-corrected chi connectivity index (χ3v) is 3.37. The number of hydrogen-bond donors (Lipinski definition) is 1. The predicted octanol–water partition coefficient (Wildman–Crippen LogP) is 2.80. The van der Waals surface area contributed by atoms with Crippen LogP contribution in [0.4, 0.5) is 10.9 Å². The molecule has 1 aliphatic carbocycles. The van der Waals surface area contributed by atoms with Gasteiger partial charge in [-0.05, 0) is 22.7 Å². The highest BCUT2D eigenvalue weighted by Gasteiger charge is 2.18. The van der Waals surface area contributed by atoms with Gasteiger partial charge in [-0.25, -0.2) is 0 Å². The normalized spacial score (nSPS) is 17.6. The van der Waals surface area contributed by atoms with Crippen LogP contribution in [0.5, 0.6) is 0 Å². The number of nitrogens with zero attached hydrogens (tertiary/aromatic N) is 2. The molecule has 1 heterocycles. The minimum absolute atomic E-state index is 0.0571. The summed E-state index contributed by atoms with van der Waals surface area (Å²) in [6.45, 7) is 0. The minimum Gasteiger partial charge on any atom is -0.358 e. The third-order valence-electron chi connectivity index (χ3n) is 2.61. The molecule has 15 heavy (non-hydrogen) atoms. The molecule has 1 N–H and O–H groups in total. The van der Waals surface area contributed by atoms with Gasteiger partial charge in [-0.15, -0.1) is 0 Å². The molecule has 1 aromatic heterocycles. The topological polar surface area (TPSA) is 68.1 Å². The van der Waals surface area contributed by atoms with Crippen LogP contribution in [0, 0.1) is 10.1 Å². The van der Waals surface area contributed by atoms with Crippen LogP contribution < -0.4 is 5.32 Å². The number of anilines is 1. The van der Waals surface area contributed by atoms with Crippen molar-refractivity contribution in [1.29, 1.82) is 0 Å². The molecule has 0 saturated heterocycles. The van der Waals surface area contributed by atoms with Crippen molar-refractivity contribution in [3.8, 4) is 0 Å². The van der Waals surface area contributed by atoms with E-state index in [2.05, 4.69) is 10.3 Å². The molecule has 0 aliphatic heterocycles. The second-order valence-electron chi connectivity index (χ2n) is 3.75. The number of nitrogens with one attached hydrogen (secondary N) is 1. The predicted molar refractivity (Wildman–Crippen MR) is 59.3 cm³/mol. The summed E-state index contributed by atoms with van der Waals surface area (Å²) < 4.78 is 0. The van der Waals surface area contributed by atoms with Crippen LogP contribution in [-0.4, -0.2) is 15.9 Å². The molecule has 5 nitrogen and oxygen atoms in total. The van der Waals surface area contributed by atoms with Crippen molar-refractivity contribution in [2.75, 3.05) is 5.32 Å². The minimum atomic E-state index is -0.456. The molecule has 1 aromatic rings. The maximum Gasteiger partial charge on any atom is 0.376 e. The Balaban J connectivity index is 1.94. The highest BCUT2D eigenvalue weighted by molar-refractivity contribution is 7.14. The second kappa shape index (κ2) is 4.57. The summed E-state index contributed by atoms with van der Waals surface area (Å²) in [4.78, 5) is 13.9. The fourth-order valence-corrected chi connectivity index (χ4v) is 2.57. The van der Waals surface area contributed by atoms with Crippen molar-refractivity contribution in [3.63, 3.8) is 0 Å². The summed E-state index contributed by atoms with van der Waals surface area (Å²) in [5, 5.41) is 15.8. The monoisotopic (exact) mass is 227 g/mol. The lowest BCUT2D eigenvalue weighted by atomic mass is 9.96. The van der Waals surface area contributed by atoms with Crippen LogP contribution in [0.15, 0.2) is 5.38 Å². The Bertz CT molecular complexity index is 347. The number of aromatic nitrogens is 1. The highest BCUT2D eigenvalue weighted by Crippen LogP contribution is 2.25. The van der Waals surface area contributed by atoms with E-state index < -0.39 is 4.92 Å². The van der Waals surface area contributed by atoms with Crippen LogP contribution in [0.3, 0.4) is 0 Å². The summed E-state index contributed by atoms with van der Waals surface area (Å²) >= 11 is 1.31. The van der Waals surface area contributed by atoms with Crippen molar-refractivity contribution in [3.05, 3.63) is 15.5 Å². The van der Waals surface area contributed by atoms with Gasteiger partial charge in [-0.3, -0.25) is 0 Å². The summed E-state index contributed by atoms with van der Waals surface area (Å²) in [7, 11) is 0. The number of hydrogen-bond acceptors (Lipinski definition) is 5. The molecular formula is C9H13N3O2S. The van der Waals surface area contributed by atoms with E-state index in [-0.39, 0.29) is 5.82 Å². The Kier molecular flexibility index (Phi) is 3.15. The SMILES string of the molecule is O=[N+]([O-])c1csc(NC2CCCCC2)n1. The van der Waals surface area contributed by atoms with E-state index in [1.165, 1.54) is 36.0 Å². The van der Waals surface area contributed by atoms with Crippen LogP contribution in [0.1, 0.15) is 32.1 Å². The summed E-state index contributed by atoms with van der Waals surface area (Å²) in [5.74, 6) is -0.0571. The van der Waals surface area contributed by atoms with Gasteiger partial charge in [0.1, 0.15) is 0 Å². The standard InChI is InChI=1S/C9H13N3O2S/c13-12(14)8-6-15-9(11-8)10-7-4-2-1-3-5-7/h6-7H,1-5H2,(H,10,11). The van der Waals surface area contributed by atoms with E-state index in [9.17, 15) is 10.1 Å². The van der Waals surface area contributed by atoms with Crippen LogP contribution in [0.2, 0.25) is 0 Å². The molecule has 6 heteroatoms. The van der Waals surface area contributed by atoms with Crippen LogP contribution in [-0.2, 0) is 0 Å². The molecule has 0 bridgehead atoms. The molecule has 0 radical (unpaired) electrons.